The van der Waals surface area contributed by atoms with Crippen molar-refractivity contribution in [2.24, 2.45) is 5.16 Å². The maximum atomic E-state index is 4.84. The highest BCUT2D eigenvalue weighted by Gasteiger charge is 2.18. The minimum atomic E-state index is 0.946. The summed E-state index contributed by atoms with van der Waals surface area (Å²) in [7, 11) is 3.69. The third-order valence-corrected chi connectivity index (χ3v) is 2.51. The van der Waals surface area contributed by atoms with Crippen molar-refractivity contribution in [3.8, 4) is 0 Å². The average Bonchev–Trinajstić information content (AvgIpc) is 2.23. The van der Waals surface area contributed by atoms with E-state index in [1.54, 1.807) is 7.11 Å². The molecule has 0 radical (unpaired) electrons. The van der Waals surface area contributed by atoms with Gasteiger partial charge in [0, 0.05) is 31.3 Å². The zero-order valence-corrected chi connectivity index (χ0v) is 8.53. The highest BCUT2D eigenvalue weighted by molar-refractivity contribution is 6.06. The molecule has 74 valence electrons. The molecule has 0 saturated carbocycles. The maximum absolute atomic E-state index is 4.84. The highest BCUT2D eigenvalue weighted by atomic mass is 16.6. The Hall–Kier alpha value is -1.51. The smallest absolute Gasteiger partial charge is 0.106 e. The van der Waals surface area contributed by atoms with Gasteiger partial charge in [-0.05, 0) is 6.07 Å². The molecule has 1 heterocycles. The molecule has 1 aliphatic heterocycles. The van der Waals surface area contributed by atoms with Crippen LogP contribution < -0.4 is 4.90 Å². The summed E-state index contributed by atoms with van der Waals surface area (Å²) in [5.41, 5.74) is 3.46. The molecule has 2 rings (SSSR count). The van der Waals surface area contributed by atoms with Crippen LogP contribution in [0.2, 0.25) is 0 Å². The fourth-order valence-corrected chi connectivity index (χ4v) is 1.78. The zero-order valence-electron chi connectivity index (χ0n) is 8.53. The summed E-state index contributed by atoms with van der Waals surface area (Å²) in [5, 5.41) is 4.05. The van der Waals surface area contributed by atoms with Crippen LogP contribution in [0.4, 0.5) is 5.69 Å². The van der Waals surface area contributed by atoms with Gasteiger partial charge in [0.1, 0.15) is 7.11 Å². The molecule has 0 fully saturated rings. The van der Waals surface area contributed by atoms with Gasteiger partial charge >= 0.3 is 0 Å². The number of benzene rings is 1. The first-order valence-electron chi connectivity index (χ1n) is 4.73. The second kappa shape index (κ2) is 3.70. The Balaban J connectivity index is 2.47. The Bertz CT molecular complexity index is 360. The molecule has 0 N–H and O–H groups in total. The van der Waals surface area contributed by atoms with E-state index in [1.807, 2.05) is 12.1 Å². The standard InChI is InChI=1S/C11H14N2O/c1-13-8-7-10(12-14-2)9-5-3-4-6-11(9)13/h3-6H,7-8H2,1-2H3/b12-10-. The summed E-state index contributed by atoms with van der Waals surface area (Å²) in [6.07, 6.45) is 0.946. The molecule has 3 heteroatoms. The summed E-state index contributed by atoms with van der Waals surface area (Å²) < 4.78 is 0. The lowest BCUT2D eigenvalue weighted by atomic mass is 10.0. The van der Waals surface area contributed by atoms with Crippen LogP contribution in [0.5, 0.6) is 0 Å². The first-order chi connectivity index (χ1) is 6.83. The summed E-state index contributed by atoms with van der Waals surface area (Å²) in [6.45, 7) is 0.999. The number of rotatable bonds is 1. The van der Waals surface area contributed by atoms with Gasteiger partial charge in [-0.3, -0.25) is 0 Å². The summed E-state index contributed by atoms with van der Waals surface area (Å²) >= 11 is 0. The molecule has 0 atom stereocenters. The number of nitrogens with zero attached hydrogens (tertiary/aromatic N) is 2. The largest absolute Gasteiger partial charge is 0.399 e. The number of hydrogen-bond donors (Lipinski definition) is 0. The predicted molar refractivity (Wildman–Crippen MR) is 57.9 cm³/mol. The molecular formula is C11H14N2O. The van der Waals surface area contributed by atoms with E-state index >= 15 is 0 Å². The van der Waals surface area contributed by atoms with E-state index in [9.17, 15) is 0 Å². The molecule has 0 aliphatic carbocycles. The van der Waals surface area contributed by atoms with Crippen LogP contribution >= 0.6 is 0 Å². The Morgan fingerprint density at radius 1 is 1.36 bits per heavy atom. The van der Waals surface area contributed by atoms with E-state index in [4.69, 9.17) is 4.84 Å². The second-order valence-electron chi connectivity index (χ2n) is 3.41. The van der Waals surface area contributed by atoms with Crippen LogP contribution in [0.3, 0.4) is 0 Å². The molecule has 0 spiro atoms. The Labute approximate surface area is 84.0 Å². The normalized spacial score (nSPS) is 18.1. The number of hydrogen-bond acceptors (Lipinski definition) is 3. The lowest BCUT2D eigenvalue weighted by molar-refractivity contribution is 0.212. The van der Waals surface area contributed by atoms with Gasteiger partial charge in [-0.25, -0.2) is 0 Å². The number of anilines is 1. The molecule has 0 aromatic heterocycles. The number of para-hydroxylation sites is 1. The van der Waals surface area contributed by atoms with Crippen molar-refractivity contribution < 1.29 is 4.84 Å². The lowest BCUT2D eigenvalue weighted by Crippen LogP contribution is -2.28. The van der Waals surface area contributed by atoms with Gasteiger partial charge in [0.15, 0.2) is 0 Å². The second-order valence-corrected chi connectivity index (χ2v) is 3.41. The van der Waals surface area contributed by atoms with Gasteiger partial charge in [0.05, 0.1) is 5.71 Å². The van der Waals surface area contributed by atoms with Crippen LogP contribution in [-0.2, 0) is 4.84 Å². The van der Waals surface area contributed by atoms with Gasteiger partial charge in [0.25, 0.3) is 0 Å². The molecule has 0 saturated heterocycles. The zero-order chi connectivity index (χ0) is 9.97. The summed E-state index contributed by atoms with van der Waals surface area (Å²) in [6, 6.07) is 8.27. The molecule has 1 aromatic carbocycles. The van der Waals surface area contributed by atoms with Crippen LogP contribution in [0.1, 0.15) is 12.0 Å². The topological polar surface area (TPSA) is 24.8 Å². The van der Waals surface area contributed by atoms with Gasteiger partial charge < -0.3 is 9.74 Å². The van der Waals surface area contributed by atoms with Crippen molar-refractivity contribution >= 4 is 11.4 Å². The van der Waals surface area contributed by atoms with Gasteiger partial charge in [-0.2, -0.15) is 0 Å². The molecule has 1 aliphatic rings. The van der Waals surface area contributed by atoms with Gasteiger partial charge in [-0.15, -0.1) is 0 Å². The maximum Gasteiger partial charge on any atom is 0.106 e. The Kier molecular flexibility index (Phi) is 2.39. The Morgan fingerprint density at radius 2 is 2.14 bits per heavy atom. The summed E-state index contributed by atoms with van der Waals surface area (Å²) in [4.78, 5) is 7.08. The molecule has 14 heavy (non-hydrogen) atoms. The first kappa shape index (κ1) is 9.06. The highest BCUT2D eigenvalue weighted by Crippen LogP contribution is 2.25. The lowest BCUT2D eigenvalue weighted by Gasteiger charge is -2.27. The summed E-state index contributed by atoms with van der Waals surface area (Å²) in [5.74, 6) is 0. The molecule has 1 aromatic rings. The van der Waals surface area contributed by atoms with E-state index in [-0.39, 0.29) is 0 Å². The van der Waals surface area contributed by atoms with Crippen molar-refractivity contribution in [2.45, 2.75) is 6.42 Å². The van der Waals surface area contributed by atoms with Crippen LogP contribution in [-0.4, -0.2) is 26.4 Å². The molecular weight excluding hydrogens is 176 g/mol. The van der Waals surface area contributed by atoms with Crippen molar-refractivity contribution in [1.29, 1.82) is 0 Å². The third kappa shape index (κ3) is 1.45. The first-order valence-corrected chi connectivity index (χ1v) is 4.73. The van der Waals surface area contributed by atoms with E-state index < -0.39 is 0 Å². The fraction of sp³-hybridized carbons (Fsp3) is 0.364. The third-order valence-electron chi connectivity index (χ3n) is 2.51. The monoisotopic (exact) mass is 190 g/mol. The SMILES string of the molecule is CO/N=C1/CCN(C)c2ccccc21. The minimum Gasteiger partial charge on any atom is -0.399 e. The van der Waals surface area contributed by atoms with Crippen molar-refractivity contribution in [3.05, 3.63) is 29.8 Å². The predicted octanol–water partition coefficient (Wildman–Crippen LogP) is 1.88. The van der Waals surface area contributed by atoms with Gasteiger partial charge in [-0.1, -0.05) is 23.4 Å². The molecule has 0 unspecified atom stereocenters. The number of fused-ring (bicyclic) bond motifs is 1. The van der Waals surface area contributed by atoms with Crippen molar-refractivity contribution in [1.82, 2.24) is 0 Å². The quantitative estimate of drug-likeness (QED) is 0.631. The van der Waals surface area contributed by atoms with Crippen molar-refractivity contribution in [3.63, 3.8) is 0 Å². The minimum absolute atomic E-state index is 0.946. The van der Waals surface area contributed by atoms with Crippen LogP contribution in [0.15, 0.2) is 29.4 Å². The molecule has 0 bridgehead atoms. The van der Waals surface area contributed by atoms with E-state index in [2.05, 4.69) is 29.2 Å². The van der Waals surface area contributed by atoms with E-state index in [0.29, 0.717) is 0 Å². The van der Waals surface area contributed by atoms with Crippen LogP contribution in [0.25, 0.3) is 0 Å². The van der Waals surface area contributed by atoms with E-state index in [0.717, 1.165) is 18.7 Å². The van der Waals surface area contributed by atoms with Crippen LogP contribution in [0, 0.1) is 0 Å². The Morgan fingerprint density at radius 3 is 2.93 bits per heavy atom. The number of oxime groups is 1. The molecule has 3 nitrogen and oxygen atoms in total. The van der Waals surface area contributed by atoms with Gasteiger partial charge in [0.2, 0.25) is 0 Å². The fourth-order valence-electron chi connectivity index (χ4n) is 1.78. The average molecular weight is 190 g/mol. The van der Waals surface area contributed by atoms with E-state index in [1.165, 1.54) is 11.3 Å². The van der Waals surface area contributed by atoms with Crippen molar-refractivity contribution in [2.75, 3.05) is 25.6 Å². The molecule has 0 amide bonds.